The Kier molecular flexibility index (Phi) is 6.76. The highest BCUT2D eigenvalue weighted by molar-refractivity contribution is 7.98. The highest BCUT2D eigenvalue weighted by Crippen LogP contribution is 2.15. The molecule has 0 radical (unpaired) electrons. The largest absolute Gasteiger partial charge is 0.333 e. The second-order valence-electron chi connectivity index (χ2n) is 4.80. The maximum absolute atomic E-state index is 12.1. The minimum Gasteiger partial charge on any atom is -0.333 e. The van der Waals surface area contributed by atoms with E-state index in [0.29, 0.717) is 6.54 Å². The van der Waals surface area contributed by atoms with Crippen molar-refractivity contribution in [3.05, 3.63) is 12.7 Å². The summed E-state index contributed by atoms with van der Waals surface area (Å²) in [5.74, 6) is 0.931. The van der Waals surface area contributed by atoms with E-state index in [1.165, 1.54) is 0 Å². The van der Waals surface area contributed by atoms with Gasteiger partial charge in [-0.25, -0.2) is 0 Å². The van der Waals surface area contributed by atoms with Gasteiger partial charge in [-0.15, -0.1) is 6.58 Å². The summed E-state index contributed by atoms with van der Waals surface area (Å²) in [5.41, 5.74) is 5.69. The fraction of sp³-hybridized carbons (Fsp3) is 0.750. The van der Waals surface area contributed by atoms with Crippen LogP contribution in [0.5, 0.6) is 0 Å². The van der Waals surface area contributed by atoms with E-state index < -0.39 is 6.04 Å². The average molecular weight is 244 g/mol. The van der Waals surface area contributed by atoms with Gasteiger partial charge in [0.25, 0.3) is 0 Å². The minimum atomic E-state index is -0.397. The molecule has 0 unspecified atom stereocenters. The highest BCUT2D eigenvalue weighted by Gasteiger charge is 2.28. The molecule has 0 bridgehead atoms. The maximum Gasteiger partial charge on any atom is 0.240 e. The van der Waals surface area contributed by atoms with Gasteiger partial charge in [-0.1, -0.05) is 6.08 Å². The number of rotatable bonds is 6. The molecular formula is C12H24N2OS. The van der Waals surface area contributed by atoms with E-state index in [1.54, 1.807) is 22.7 Å². The Morgan fingerprint density at radius 2 is 2.12 bits per heavy atom. The molecule has 94 valence electrons. The quantitative estimate of drug-likeness (QED) is 0.726. The summed E-state index contributed by atoms with van der Waals surface area (Å²) in [6.07, 6.45) is 4.48. The number of hydrogen-bond acceptors (Lipinski definition) is 3. The number of hydrogen-bond donors (Lipinski definition) is 1. The molecule has 0 heterocycles. The Bertz CT molecular complexity index is 236. The highest BCUT2D eigenvalue weighted by atomic mass is 32.2. The van der Waals surface area contributed by atoms with Gasteiger partial charge in [-0.05, 0) is 39.2 Å². The molecule has 2 N–H and O–H groups in total. The Morgan fingerprint density at radius 1 is 1.56 bits per heavy atom. The van der Waals surface area contributed by atoms with Crippen LogP contribution in [0.3, 0.4) is 0 Å². The van der Waals surface area contributed by atoms with Crippen LogP contribution in [0.1, 0.15) is 27.2 Å². The second kappa shape index (κ2) is 6.97. The molecule has 4 heteroatoms. The van der Waals surface area contributed by atoms with Crippen LogP contribution >= 0.6 is 11.8 Å². The van der Waals surface area contributed by atoms with Crippen LogP contribution in [0.4, 0.5) is 0 Å². The normalized spacial score (nSPS) is 13.3. The molecule has 0 aliphatic heterocycles. The van der Waals surface area contributed by atoms with E-state index in [1.807, 2.05) is 27.0 Å². The van der Waals surface area contributed by atoms with Crippen molar-refractivity contribution in [1.82, 2.24) is 4.90 Å². The number of carbonyl (C=O) groups excluding carboxylic acids is 1. The molecule has 0 saturated carbocycles. The van der Waals surface area contributed by atoms with Gasteiger partial charge in [0.2, 0.25) is 5.91 Å². The number of amides is 1. The standard InChI is InChI=1S/C12H24N2OS/c1-6-8-14(12(2,3)4)11(15)10(13)7-9-16-5/h6,10H,1,7-9,13H2,2-5H3/t10-/m1/s1. The summed E-state index contributed by atoms with van der Waals surface area (Å²) in [7, 11) is 0. The molecule has 0 saturated heterocycles. The predicted octanol–water partition coefficient (Wildman–Crippen LogP) is 1.88. The van der Waals surface area contributed by atoms with Gasteiger partial charge in [0, 0.05) is 12.1 Å². The molecule has 1 atom stereocenters. The van der Waals surface area contributed by atoms with Gasteiger partial charge >= 0.3 is 0 Å². The van der Waals surface area contributed by atoms with Crippen LogP contribution in [0.25, 0.3) is 0 Å². The fourth-order valence-electron chi connectivity index (χ4n) is 1.39. The molecule has 1 amide bonds. The first-order chi connectivity index (χ1) is 7.34. The lowest BCUT2D eigenvalue weighted by molar-refractivity contribution is -0.136. The van der Waals surface area contributed by atoms with E-state index in [0.717, 1.165) is 12.2 Å². The van der Waals surface area contributed by atoms with Crippen molar-refractivity contribution in [3.63, 3.8) is 0 Å². The lowest BCUT2D eigenvalue weighted by atomic mass is 10.0. The Labute approximate surface area is 103 Å². The molecule has 0 rings (SSSR count). The van der Waals surface area contributed by atoms with E-state index >= 15 is 0 Å². The lowest BCUT2D eigenvalue weighted by Gasteiger charge is -2.36. The molecule has 0 spiro atoms. The van der Waals surface area contributed by atoms with Crippen molar-refractivity contribution in [2.24, 2.45) is 5.73 Å². The Balaban J connectivity index is 4.54. The van der Waals surface area contributed by atoms with Gasteiger partial charge in [0.05, 0.1) is 6.04 Å². The maximum atomic E-state index is 12.1. The third-order valence-corrected chi connectivity index (χ3v) is 2.98. The molecule has 0 fully saturated rings. The molecule has 0 aromatic rings. The number of nitrogens with zero attached hydrogens (tertiary/aromatic N) is 1. The smallest absolute Gasteiger partial charge is 0.240 e. The van der Waals surface area contributed by atoms with E-state index in [9.17, 15) is 4.79 Å². The van der Waals surface area contributed by atoms with Crippen molar-refractivity contribution >= 4 is 17.7 Å². The molecule has 3 nitrogen and oxygen atoms in total. The van der Waals surface area contributed by atoms with Gasteiger partial charge in [-0.3, -0.25) is 4.79 Å². The molecule has 0 aliphatic rings. The van der Waals surface area contributed by atoms with Crippen LogP contribution in [0.15, 0.2) is 12.7 Å². The third kappa shape index (κ3) is 5.03. The topological polar surface area (TPSA) is 46.3 Å². The predicted molar refractivity (Wildman–Crippen MR) is 72.6 cm³/mol. The zero-order chi connectivity index (χ0) is 12.8. The van der Waals surface area contributed by atoms with Crippen LogP contribution in [-0.2, 0) is 4.79 Å². The zero-order valence-corrected chi connectivity index (χ0v) is 11.6. The lowest BCUT2D eigenvalue weighted by Crippen LogP contribution is -2.52. The Morgan fingerprint density at radius 3 is 2.50 bits per heavy atom. The van der Waals surface area contributed by atoms with Gasteiger partial charge < -0.3 is 10.6 Å². The summed E-state index contributed by atoms with van der Waals surface area (Å²) < 4.78 is 0. The number of nitrogens with two attached hydrogens (primary N) is 1. The van der Waals surface area contributed by atoms with E-state index in [4.69, 9.17) is 5.73 Å². The zero-order valence-electron chi connectivity index (χ0n) is 10.8. The molecule has 16 heavy (non-hydrogen) atoms. The van der Waals surface area contributed by atoms with Gasteiger partial charge in [0.1, 0.15) is 0 Å². The Hall–Kier alpha value is -0.480. The molecule has 0 aromatic carbocycles. The van der Waals surface area contributed by atoms with Crippen LogP contribution < -0.4 is 5.73 Å². The molecule has 0 aromatic heterocycles. The van der Waals surface area contributed by atoms with Crippen molar-refractivity contribution < 1.29 is 4.79 Å². The monoisotopic (exact) mass is 244 g/mol. The first-order valence-corrected chi connectivity index (χ1v) is 6.91. The van der Waals surface area contributed by atoms with E-state index in [2.05, 4.69) is 6.58 Å². The van der Waals surface area contributed by atoms with Crippen molar-refractivity contribution in [3.8, 4) is 0 Å². The number of carbonyl (C=O) groups is 1. The SMILES string of the molecule is C=CCN(C(=O)[C@H](N)CCSC)C(C)(C)C. The van der Waals surface area contributed by atoms with Gasteiger partial charge in [0.15, 0.2) is 0 Å². The second-order valence-corrected chi connectivity index (χ2v) is 5.78. The molecular weight excluding hydrogens is 220 g/mol. The average Bonchev–Trinajstić information content (AvgIpc) is 2.19. The summed E-state index contributed by atoms with van der Waals surface area (Å²) >= 11 is 1.71. The van der Waals surface area contributed by atoms with Crippen molar-refractivity contribution in [2.45, 2.75) is 38.8 Å². The summed E-state index contributed by atoms with van der Waals surface area (Å²) in [6.45, 7) is 10.3. The van der Waals surface area contributed by atoms with Crippen molar-refractivity contribution in [2.75, 3.05) is 18.6 Å². The summed E-state index contributed by atoms with van der Waals surface area (Å²) in [4.78, 5) is 13.9. The van der Waals surface area contributed by atoms with Crippen LogP contribution in [0, 0.1) is 0 Å². The fourth-order valence-corrected chi connectivity index (χ4v) is 1.88. The third-order valence-electron chi connectivity index (χ3n) is 2.34. The summed E-state index contributed by atoms with van der Waals surface area (Å²) in [5, 5.41) is 0. The molecule has 0 aliphatic carbocycles. The van der Waals surface area contributed by atoms with Crippen molar-refractivity contribution in [1.29, 1.82) is 0 Å². The number of thioether (sulfide) groups is 1. The minimum absolute atomic E-state index is 0.0152. The van der Waals surface area contributed by atoms with Crippen LogP contribution in [0.2, 0.25) is 0 Å². The summed E-state index contributed by atoms with van der Waals surface area (Å²) in [6, 6.07) is -0.397. The first-order valence-electron chi connectivity index (χ1n) is 5.51. The van der Waals surface area contributed by atoms with E-state index in [-0.39, 0.29) is 11.4 Å². The van der Waals surface area contributed by atoms with Crippen LogP contribution in [-0.4, -0.2) is 40.9 Å². The first kappa shape index (κ1) is 15.5. The van der Waals surface area contributed by atoms with Gasteiger partial charge in [-0.2, -0.15) is 11.8 Å².